The first-order valence-corrected chi connectivity index (χ1v) is 5.34. The molecule has 2 rings (SSSR count). The Labute approximate surface area is 80.4 Å². The van der Waals surface area contributed by atoms with Crippen molar-refractivity contribution in [2.45, 2.75) is 18.9 Å². The van der Waals surface area contributed by atoms with Gasteiger partial charge in [0.15, 0.2) is 0 Å². The molecule has 2 heterocycles. The Bertz CT molecular complexity index is 151. The highest BCUT2D eigenvalue weighted by atomic mass is 16.5. The van der Waals surface area contributed by atoms with Gasteiger partial charge in [0.2, 0.25) is 0 Å². The zero-order valence-electron chi connectivity index (χ0n) is 8.46. The summed E-state index contributed by atoms with van der Waals surface area (Å²) in [7, 11) is 2.18. The van der Waals surface area contributed by atoms with E-state index in [0.29, 0.717) is 6.04 Å². The van der Waals surface area contributed by atoms with Crippen molar-refractivity contribution in [3.05, 3.63) is 0 Å². The molecule has 0 radical (unpaired) electrons. The highest BCUT2D eigenvalue weighted by Gasteiger charge is 2.24. The van der Waals surface area contributed by atoms with Crippen molar-refractivity contribution in [2.75, 3.05) is 39.9 Å². The summed E-state index contributed by atoms with van der Waals surface area (Å²) in [5.41, 5.74) is 0. The van der Waals surface area contributed by atoms with Gasteiger partial charge in [-0.3, -0.25) is 0 Å². The van der Waals surface area contributed by atoms with Gasteiger partial charge >= 0.3 is 0 Å². The molecule has 3 nitrogen and oxygen atoms in total. The molecule has 13 heavy (non-hydrogen) atoms. The van der Waals surface area contributed by atoms with E-state index in [-0.39, 0.29) is 0 Å². The fourth-order valence-corrected chi connectivity index (χ4v) is 2.19. The molecule has 2 saturated heterocycles. The fraction of sp³-hybridized carbons (Fsp3) is 1.00. The van der Waals surface area contributed by atoms with Crippen LogP contribution in [0.3, 0.4) is 0 Å². The van der Waals surface area contributed by atoms with E-state index in [9.17, 15) is 0 Å². The zero-order chi connectivity index (χ0) is 9.10. The summed E-state index contributed by atoms with van der Waals surface area (Å²) in [6.07, 6.45) is 2.52. The highest BCUT2D eigenvalue weighted by molar-refractivity contribution is 4.80. The monoisotopic (exact) mass is 184 g/mol. The number of nitrogens with zero attached hydrogens (tertiary/aromatic N) is 1. The largest absolute Gasteiger partial charge is 0.380 e. The molecule has 0 aromatic heterocycles. The molecule has 0 aromatic rings. The molecule has 0 aromatic carbocycles. The van der Waals surface area contributed by atoms with Crippen LogP contribution in [0.25, 0.3) is 0 Å². The lowest BCUT2D eigenvalue weighted by atomic mass is 10.0. The van der Waals surface area contributed by atoms with Gasteiger partial charge < -0.3 is 15.0 Å². The summed E-state index contributed by atoms with van der Waals surface area (Å²) in [5.74, 6) is 0.881. The van der Waals surface area contributed by atoms with Crippen molar-refractivity contribution in [3.8, 4) is 0 Å². The first-order valence-electron chi connectivity index (χ1n) is 5.34. The van der Waals surface area contributed by atoms with Crippen molar-refractivity contribution in [1.82, 2.24) is 10.2 Å². The van der Waals surface area contributed by atoms with Crippen molar-refractivity contribution in [3.63, 3.8) is 0 Å². The molecule has 76 valence electrons. The Morgan fingerprint density at radius 1 is 1.46 bits per heavy atom. The van der Waals surface area contributed by atoms with Gasteiger partial charge in [-0.15, -0.1) is 0 Å². The van der Waals surface area contributed by atoms with Crippen LogP contribution in [-0.2, 0) is 4.74 Å². The average molecular weight is 184 g/mol. The molecule has 2 aliphatic rings. The lowest BCUT2D eigenvalue weighted by Crippen LogP contribution is -2.50. The van der Waals surface area contributed by atoms with Crippen molar-refractivity contribution >= 4 is 0 Å². The van der Waals surface area contributed by atoms with Crippen LogP contribution in [0, 0.1) is 5.92 Å². The summed E-state index contributed by atoms with van der Waals surface area (Å²) < 4.78 is 5.41. The normalized spacial score (nSPS) is 31.6. The summed E-state index contributed by atoms with van der Waals surface area (Å²) in [4.78, 5) is 2.36. The predicted octanol–water partition coefficient (Wildman–Crippen LogP) is 0.317. The van der Waals surface area contributed by atoms with Crippen LogP contribution in [0.5, 0.6) is 0 Å². The van der Waals surface area contributed by atoms with E-state index in [1.807, 2.05) is 0 Å². The molecule has 2 aliphatic heterocycles. The maximum absolute atomic E-state index is 5.41. The zero-order valence-corrected chi connectivity index (χ0v) is 8.46. The van der Waals surface area contributed by atoms with Gasteiger partial charge in [0.25, 0.3) is 0 Å². The standard InChI is InChI=1S/C10H20N2O/c1-12-6-9(7-12)5-11-10-3-2-4-13-8-10/h9-11H,2-8H2,1H3. The summed E-state index contributed by atoms with van der Waals surface area (Å²) in [6, 6.07) is 0.625. The minimum atomic E-state index is 0.625. The number of hydrogen-bond acceptors (Lipinski definition) is 3. The molecule has 1 unspecified atom stereocenters. The topological polar surface area (TPSA) is 24.5 Å². The average Bonchev–Trinajstić information content (AvgIpc) is 2.12. The smallest absolute Gasteiger partial charge is 0.0619 e. The molecule has 3 heteroatoms. The van der Waals surface area contributed by atoms with Crippen molar-refractivity contribution < 1.29 is 4.74 Å². The maximum atomic E-state index is 5.41. The van der Waals surface area contributed by atoms with Gasteiger partial charge in [-0.25, -0.2) is 0 Å². The third-order valence-electron chi connectivity index (χ3n) is 3.00. The molecule has 0 amide bonds. The predicted molar refractivity (Wildman–Crippen MR) is 52.8 cm³/mol. The third kappa shape index (κ3) is 2.66. The van der Waals surface area contributed by atoms with E-state index in [0.717, 1.165) is 19.1 Å². The van der Waals surface area contributed by atoms with Crippen LogP contribution in [0.4, 0.5) is 0 Å². The minimum Gasteiger partial charge on any atom is -0.380 e. The molecular formula is C10H20N2O. The van der Waals surface area contributed by atoms with Crippen LogP contribution >= 0.6 is 0 Å². The first kappa shape index (κ1) is 9.44. The van der Waals surface area contributed by atoms with E-state index in [2.05, 4.69) is 17.3 Å². The first-order chi connectivity index (χ1) is 6.34. The SMILES string of the molecule is CN1CC(CNC2CCCOC2)C1. The van der Waals surface area contributed by atoms with E-state index in [4.69, 9.17) is 4.74 Å². The third-order valence-corrected chi connectivity index (χ3v) is 3.00. The molecule has 0 bridgehead atoms. The van der Waals surface area contributed by atoms with Crippen LogP contribution in [0.1, 0.15) is 12.8 Å². The molecule has 1 N–H and O–H groups in total. The number of ether oxygens (including phenoxy) is 1. The number of likely N-dealkylation sites (tertiary alicyclic amines) is 1. The molecule has 2 fully saturated rings. The van der Waals surface area contributed by atoms with Gasteiger partial charge in [0.1, 0.15) is 0 Å². The quantitative estimate of drug-likeness (QED) is 0.683. The van der Waals surface area contributed by atoms with Crippen molar-refractivity contribution in [1.29, 1.82) is 0 Å². The molecular weight excluding hydrogens is 164 g/mol. The number of hydrogen-bond donors (Lipinski definition) is 1. The Morgan fingerprint density at radius 2 is 2.31 bits per heavy atom. The van der Waals surface area contributed by atoms with Gasteiger partial charge in [0, 0.05) is 32.3 Å². The second-order valence-corrected chi connectivity index (χ2v) is 4.41. The molecule has 0 aliphatic carbocycles. The Balaban J connectivity index is 1.56. The molecule has 0 saturated carbocycles. The Kier molecular flexibility index (Phi) is 3.19. The van der Waals surface area contributed by atoms with Crippen LogP contribution in [-0.4, -0.2) is 50.8 Å². The lowest BCUT2D eigenvalue weighted by molar-refractivity contribution is 0.0618. The van der Waals surface area contributed by atoms with Gasteiger partial charge in [-0.1, -0.05) is 0 Å². The van der Waals surface area contributed by atoms with Crippen LogP contribution in [0.2, 0.25) is 0 Å². The Morgan fingerprint density at radius 3 is 2.92 bits per heavy atom. The van der Waals surface area contributed by atoms with E-state index in [1.165, 1.54) is 32.5 Å². The van der Waals surface area contributed by atoms with Gasteiger partial charge in [-0.05, 0) is 25.8 Å². The second-order valence-electron chi connectivity index (χ2n) is 4.41. The lowest BCUT2D eigenvalue weighted by Gasteiger charge is -2.37. The Hall–Kier alpha value is -0.120. The minimum absolute atomic E-state index is 0.625. The summed E-state index contributed by atoms with van der Waals surface area (Å²) >= 11 is 0. The van der Waals surface area contributed by atoms with Gasteiger partial charge in [-0.2, -0.15) is 0 Å². The van der Waals surface area contributed by atoms with E-state index < -0.39 is 0 Å². The van der Waals surface area contributed by atoms with E-state index >= 15 is 0 Å². The van der Waals surface area contributed by atoms with Gasteiger partial charge in [0.05, 0.1) is 6.61 Å². The van der Waals surface area contributed by atoms with Crippen LogP contribution in [0.15, 0.2) is 0 Å². The number of rotatable bonds is 3. The fourth-order valence-electron chi connectivity index (χ4n) is 2.19. The van der Waals surface area contributed by atoms with Crippen molar-refractivity contribution in [2.24, 2.45) is 5.92 Å². The maximum Gasteiger partial charge on any atom is 0.0619 e. The summed E-state index contributed by atoms with van der Waals surface area (Å²) in [5, 5.41) is 3.59. The second kappa shape index (κ2) is 4.40. The summed E-state index contributed by atoms with van der Waals surface area (Å²) in [6.45, 7) is 5.59. The number of nitrogens with one attached hydrogen (secondary N) is 1. The molecule has 1 atom stereocenters. The highest BCUT2D eigenvalue weighted by Crippen LogP contribution is 2.12. The molecule has 0 spiro atoms. The van der Waals surface area contributed by atoms with Crippen LogP contribution < -0.4 is 5.32 Å². The van der Waals surface area contributed by atoms with E-state index in [1.54, 1.807) is 0 Å².